The number of hydrogen-bond donors (Lipinski definition) is 1. The van der Waals surface area contributed by atoms with Crippen LogP contribution in [0.4, 0.5) is 5.69 Å². The summed E-state index contributed by atoms with van der Waals surface area (Å²) >= 11 is 0. The number of aryl methyl sites for hydroxylation is 1. The summed E-state index contributed by atoms with van der Waals surface area (Å²) in [7, 11) is 0. The van der Waals surface area contributed by atoms with E-state index in [2.05, 4.69) is 20.6 Å². The number of rotatable bonds is 3. The molecule has 1 N–H and O–H groups in total. The highest BCUT2D eigenvalue weighted by atomic mass is 16.2. The maximum atomic E-state index is 11.7. The number of anilines is 1. The average molecular weight is 293 g/mol. The van der Waals surface area contributed by atoms with Crippen LogP contribution in [-0.2, 0) is 4.79 Å². The fourth-order valence-corrected chi connectivity index (χ4v) is 2.36. The van der Waals surface area contributed by atoms with Gasteiger partial charge < -0.3 is 5.32 Å². The van der Waals surface area contributed by atoms with Crippen LogP contribution in [0.5, 0.6) is 0 Å². The van der Waals surface area contributed by atoms with E-state index in [0.717, 1.165) is 41.3 Å². The first kappa shape index (κ1) is 12.9. The molecule has 1 aliphatic rings. The van der Waals surface area contributed by atoms with Gasteiger partial charge in [0.25, 0.3) is 0 Å². The molecule has 1 aliphatic carbocycles. The van der Waals surface area contributed by atoms with E-state index < -0.39 is 0 Å². The number of aromatic nitrogens is 4. The van der Waals surface area contributed by atoms with Crippen LogP contribution in [0.15, 0.2) is 36.4 Å². The van der Waals surface area contributed by atoms with Gasteiger partial charge >= 0.3 is 0 Å². The van der Waals surface area contributed by atoms with Crippen molar-refractivity contribution in [1.29, 1.82) is 0 Å². The van der Waals surface area contributed by atoms with Gasteiger partial charge in [0.2, 0.25) is 5.91 Å². The number of fused-ring (bicyclic) bond motifs is 1. The lowest BCUT2D eigenvalue weighted by Gasteiger charge is -2.06. The molecule has 0 atom stereocenters. The summed E-state index contributed by atoms with van der Waals surface area (Å²) in [6, 6.07) is 11.5. The standard InChI is InChI=1S/C16H15N5O/c1-10-18-19-15-9-8-14(20-21(10)15)11-4-6-13(7-5-11)17-16(22)12-2-3-12/h4-9,12H,2-3H2,1H3,(H,17,22). The molecule has 0 radical (unpaired) electrons. The first-order chi connectivity index (χ1) is 10.7. The summed E-state index contributed by atoms with van der Waals surface area (Å²) < 4.78 is 1.72. The van der Waals surface area contributed by atoms with E-state index in [1.54, 1.807) is 4.52 Å². The molecule has 6 nitrogen and oxygen atoms in total. The predicted molar refractivity (Wildman–Crippen MR) is 82.3 cm³/mol. The van der Waals surface area contributed by atoms with E-state index in [1.807, 2.05) is 43.3 Å². The number of benzene rings is 1. The Balaban J connectivity index is 1.60. The summed E-state index contributed by atoms with van der Waals surface area (Å²) in [5, 5.41) is 15.5. The van der Waals surface area contributed by atoms with Gasteiger partial charge in [-0.3, -0.25) is 4.79 Å². The largest absolute Gasteiger partial charge is 0.326 e. The second-order valence-electron chi connectivity index (χ2n) is 5.58. The molecule has 1 fully saturated rings. The summed E-state index contributed by atoms with van der Waals surface area (Å²) in [5.41, 5.74) is 3.38. The van der Waals surface area contributed by atoms with Crippen LogP contribution in [0.25, 0.3) is 16.9 Å². The Labute approximate surface area is 127 Å². The number of hydrogen-bond acceptors (Lipinski definition) is 4. The smallest absolute Gasteiger partial charge is 0.227 e. The van der Waals surface area contributed by atoms with Gasteiger partial charge in [0.05, 0.1) is 5.69 Å². The topological polar surface area (TPSA) is 72.2 Å². The van der Waals surface area contributed by atoms with Crippen molar-refractivity contribution < 1.29 is 4.79 Å². The Hall–Kier alpha value is -2.76. The van der Waals surface area contributed by atoms with Gasteiger partial charge in [0.15, 0.2) is 11.5 Å². The summed E-state index contributed by atoms with van der Waals surface area (Å²) in [6.07, 6.45) is 2.01. The van der Waals surface area contributed by atoms with Gasteiger partial charge in [-0.25, -0.2) is 0 Å². The zero-order chi connectivity index (χ0) is 15.1. The summed E-state index contributed by atoms with van der Waals surface area (Å²) in [5.74, 6) is 1.08. The maximum Gasteiger partial charge on any atom is 0.227 e. The monoisotopic (exact) mass is 293 g/mol. The molecule has 6 heteroatoms. The van der Waals surface area contributed by atoms with E-state index >= 15 is 0 Å². The van der Waals surface area contributed by atoms with Gasteiger partial charge in [0, 0.05) is 17.2 Å². The summed E-state index contributed by atoms with van der Waals surface area (Å²) in [6.45, 7) is 1.87. The van der Waals surface area contributed by atoms with Crippen molar-refractivity contribution in [3.63, 3.8) is 0 Å². The minimum absolute atomic E-state index is 0.118. The molecule has 0 spiro atoms. The molecule has 0 saturated heterocycles. The van der Waals surface area contributed by atoms with Crippen LogP contribution in [0.2, 0.25) is 0 Å². The second-order valence-corrected chi connectivity index (χ2v) is 5.58. The zero-order valence-corrected chi connectivity index (χ0v) is 12.2. The number of carbonyl (C=O) groups is 1. The van der Waals surface area contributed by atoms with E-state index in [1.165, 1.54) is 0 Å². The molecule has 2 aromatic heterocycles. The number of nitrogens with one attached hydrogen (secondary N) is 1. The third-order valence-corrected chi connectivity index (χ3v) is 3.82. The van der Waals surface area contributed by atoms with Gasteiger partial charge in [-0.1, -0.05) is 12.1 Å². The SMILES string of the molecule is Cc1nnc2ccc(-c3ccc(NC(=O)C4CC4)cc3)nn12. The van der Waals surface area contributed by atoms with E-state index in [0.29, 0.717) is 0 Å². The van der Waals surface area contributed by atoms with Crippen molar-refractivity contribution in [2.24, 2.45) is 5.92 Å². The first-order valence-electron chi connectivity index (χ1n) is 7.31. The molecule has 0 bridgehead atoms. The molecule has 2 heterocycles. The third kappa shape index (κ3) is 2.32. The van der Waals surface area contributed by atoms with Crippen molar-refractivity contribution in [2.45, 2.75) is 19.8 Å². The molecule has 1 amide bonds. The van der Waals surface area contributed by atoms with Crippen molar-refractivity contribution >= 4 is 17.2 Å². The highest BCUT2D eigenvalue weighted by Gasteiger charge is 2.29. The van der Waals surface area contributed by atoms with Crippen molar-refractivity contribution in [3.05, 3.63) is 42.2 Å². The van der Waals surface area contributed by atoms with E-state index in [9.17, 15) is 4.79 Å². The lowest BCUT2D eigenvalue weighted by molar-refractivity contribution is -0.117. The van der Waals surface area contributed by atoms with Crippen LogP contribution < -0.4 is 5.32 Å². The zero-order valence-electron chi connectivity index (χ0n) is 12.2. The number of carbonyl (C=O) groups excluding carboxylic acids is 1. The third-order valence-electron chi connectivity index (χ3n) is 3.82. The molecule has 0 aliphatic heterocycles. The van der Waals surface area contributed by atoms with Gasteiger partial charge in [-0.05, 0) is 44.0 Å². The fraction of sp³-hybridized carbons (Fsp3) is 0.250. The highest BCUT2D eigenvalue weighted by Crippen LogP contribution is 2.30. The van der Waals surface area contributed by atoms with Gasteiger partial charge in [0.1, 0.15) is 0 Å². The fourth-order valence-electron chi connectivity index (χ4n) is 2.36. The number of nitrogens with zero attached hydrogens (tertiary/aromatic N) is 4. The molecule has 4 rings (SSSR count). The van der Waals surface area contributed by atoms with E-state index in [4.69, 9.17) is 0 Å². The van der Waals surface area contributed by atoms with Crippen molar-refractivity contribution in [1.82, 2.24) is 19.8 Å². The minimum Gasteiger partial charge on any atom is -0.326 e. The molecule has 0 unspecified atom stereocenters. The molecule has 1 aromatic carbocycles. The predicted octanol–water partition coefficient (Wildman–Crippen LogP) is 2.45. The molecule has 22 heavy (non-hydrogen) atoms. The van der Waals surface area contributed by atoms with Crippen LogP contribution >= 0.6 is 0 Å². The Kier molecular flexibility index (Phi) is 2.89. The van der Waals surface area contributed by atoms with Crippen LogP contribution in [-0.4, -0.2) is 25.7 Å². The molecule has 110 valence electrons. The van der Waals surface area contributed by atoms with Crippen LogP contribution in [0, 0.1) is 12.8 Å². The highest BCUT2D eigenvalue weighted by molar-refractivity contribution is 5.94. The second kappa shape index (κ2) is 4.91. The first-order valence-corrected chi connectivity index (χ1v) is 7.31. The lowest BCUT2D eigenvalue weighted by atomic mass is 10.1. The van der Waals surface area contributed by atoms with Crippen LogP contribution in [0.1, 0.15) is 18.7 Å². The van der Waals surface area contributed by atoms with Gasteiger partial charge in [-0.15, -0.1) is 10.2 Å². The minimum atomic E-state index is 0.118. The Bertz CT molecular complexity index is 849. The maximum absolute atomic E-state index is 11.7. The molecule has 1 saturated carbocycles. The average Bonchev–Trinajstić information content (AvgIpc) is 3.33. The molecule has 3 aromatic rings. The quantitative estimate of drug-likeness (QED) is 0.805. The normalized spacial score (nSPS) is 14.2. The van der Waals surface area contributed by atoms with E-state index in [-0.39, 0.29) is 11.8 Å². The summed E-state index contributed by atoms with van der Waals surface area (Å²) in [4.78, 5) is 11.7. The van der Waals surface area contributed by atoms with Crippen molar-refractivity contribution in [2.75, 3.05) is 5.32 Å². The van der Waals surface area contributed by atoms with Crippen molar-refractivity contribution in [3.8, 4) is 11.3 Å². The van der Waals surface area contributed by atoms with Gasteiger partial charge in [-0.2, -0.15) is 9.61 Å². The van der Waals surface area contributed by atoms with Crippen LogP contribution in [0.3, 0.4) is 0 Å². The Morgan fingerprint density at radius 3 is 2.64 bits per heavy atom. The Morgan fingerprint density at radius 2 is 1.91 bits per heavy atom. The molecular weight excluding hydrogens is 278 g/mol. The number of amides is 1. The Morgan fingerprint density at radius 1 is 1.14 bits per heavy atom. The molecular formula is C16H15N5O. The lowest BCUT2D eigenvalue weighted by Crippen LogP contribution is -2.13.